The summed E-state index contributed by atoms with van der Waals surface area (Å²) in [4.78, 5) is 0. The molecule has 0 N–H and O–H groups in total. The summed E-state index contributed by atoms with van der Waals surface area (Å²) in [6.45, 7) is 4.61. The number of benzene rings is 3. The Morgan fingerprint density at radius 3 is 2.05 bits per heavy atom. The van der Waals surface area contributed by atoms with E-state index in [1.165, 1.54) is 44.6 Å². The summed E-state index contributed by atoms with van der Waals surface area (Å²) in [6, 6.07) is 15.7. The van der Waals surface area contributed by atoms with Crippen molar-refractivity contribution in [3.63, 3.8) is 0 Å². The van der Waals surface area contributed by atoms with Crippen molar-refractivity contribution in [3.05, 3.63) is 77.6 Å². The van der Waals surface area contributed by atoms with Gasteiger partial charge < -0.3 is 4.74 Å². The highest BCUT2D eigenvalue weighted by Gasteiger charge is 2.24. The van der Waals surface area contributed by atoms with Gasteiger partial charge in [-0.3, -0.25) is 0 Å². The Hall–Kier alpha value is -2.75. The lowest BCUT2D eigenvalue weighted by atomic mass is 9.76. The van der Waals surface area contributed by atoms with Gasteiger partial charge in [-0.05, 0) is 84.4 Å². The zero-order valence-electron chi connectivity index (χ0n) is 22.2. The van der Waals surface area contributed by atoms with E-state index >= 15 is 4.39 Å². The van der Waals surface area contributed by atoms with Crippen LogP contribution in [0.15, 0.2) is 54.6 Å². The molecule has 0 unspecified atom stereocenters. The second-order valence-electron chi connectivity index (χ2n) is 10.5. The molecule has 3 aromatic carbocycles. The van der Waals surface area contributed by atoms with E-state index in [0.29, 0.717) is 18.1 Å². The first-order chi connectivity index (χ1) is 18.0. The third kappa shape index (κ3) is 6.77. The molecule has 1 nitrogen and oxygen atoms in total. The van der Waals surface area contributed by atoms with Crippen LogP contribution in [-0.4, -0.2) is 6.61 Å². The molecule has 0 atom stereocenters. The predicted molar refractivity (Wildman–Crippen MR) is 146 cm³/mol. The molecular weight excluding hydrogens is 469 g/mol. The Morgan fingerprint density at radius 1 is 0.703 bits per heavy atom. The molecule has 4 rings (SSSR count). The molecule has 0 spiro atoms. The van der Waals surface area contributed by atoms with Crippen molar-refractivity contribution in [3.8, 4) is 28.0 Å². The highest BCUT2D eigenvalue weighted by molar-refractivity contribution is 5.71. The van der Waals surface area contributed by atoms with Crippen molar-refractivity contribution >= 4 is 0 Å². The van der Waals surface area contributed by atoms with E-state index in [9.17, 15) is 8.78 Å². The first-order valence-electron chi connectivity index (χ1n) is 14.0. The summed E-state index contributed by atoms with van der Waals surface area (Å²) in [6.07, 6.45) is 11.4. The number of unbranched alkanes of at least 4 members (excludes halogenated alkanes) is 3. The number of rotatable bonds is 11. The predicted octanol–water partition coefficient (Wildman–Crippen LogP) is 10.5. The van der Waals surface area contributed by atoms with Gasteiger partial charge in [-0.1, -0.05) is 82.3 Å². The fourth-order valence-electron chi connectivity index (χ4n) is 5.52. The van der Waals surface area contributed by atoms with Crippen molar-refractivity contribution in [2.75, 3.05) is 6.61 Å². The molecule has 0 amide bonds. The van der Waals surface area contributed by atoms with Crippen LogP contribution in [0.4, 0.5) is 13.2 Å². The van der Waals surface area contributed by atoms with Crippen LogP contribution in [0.2, 0.25) is 0 Å². The van der Waals surface area contributed by atoms with Crippen molar-refractivity contribution in [2.45, 2.75) is 84.0 Å². The molecule has 3 aromatic rings. The average molecular weight is 509 g/mol. The Kier molecular flexibility index (Phi) is 9.71. The normalized spacial score (nSPS) is 17.6. The van der Waals surface area contributed by atoms with Crippen LogP contribution in [-0.2, 0) is 0 Å². The number of hydrogen-bond donors (Lipinski definition) is 0. The molecule has 0 aliphatic heterocycles. The van der Waals surface area contributed by atoms with Gasteiger partial charge in [0.25, 0.3) is 0 Å². The largest absolute Gasteiger partial charge is 0.490 e. The topological polar surface area (TPSA) is 9.23 Å². The fraction of sp³-hybridized carbons (Fsp3) is 0.455. The van der Waals surface area contributed by atoms with Gasteiger partial charge in [0.1, 0.15) is 5.82 Å². The average Bonchev–Trinajstić information content (AvgIpc) is 2.92. The van der Waals surface area contributed by atoms with Crippen LogP contribution in [0.5, 0.6) is 5.75 Å². The molecular formula is C33H39F3O. The molecule has 37 heavy (non-hydrogen) atoms. The molecule has 1 aliphatic rings. The molecule has 1 saturated carbocycles. The third-order valence-corrected chi connectivity index (χ3v) is 7.83. The van der Waals surface area contributed by atoms with Gasteiger partial charge in [-0.25, -0.2) is 8.78 Å². The van der Waals surface area contributed by atoms with Crippen LogP contribution < -0.4 is 4.74 Å². The quantitative estimate of drug-likeness (QED) is 0.234. The second-order valence-corrected chi connectivity index (χ2v) is 10.5. The van der Waals surface area contributed by atoms with Gasteiger partial charge in [-0.15, -0.1) is 0 Å². The molecule has 1 aliphatic carbocycles. The SMILES string of the molecule is CCCCCC1CCC(c2ccc(-c3ccc(-c4ccc(OCCCC)c(F)c4F)cc3)cc2F)CC1. The van der Waals surface area contributed by atoms with Crippen LogP contribution in [0, 0.1) is 23.4 Å². The number of halogens is 3. The highest BCUT2D eigenvalue weighted by atomic mass is 19.2. The standard InChI is InChI=1S/C33H39F3O/c1-3-5-7-8-23-9-11-25(12-10-23)28-18-17-27(22-30(28)34)24-13-15-26(16-14-24)29-19-20-31(33(36)32(29)35)37-21-6-4-2/h13-20,22-23,25H,3-12,21H2,1-2H3. The van der Waals surface area contributed by atoms with Crippen molar-refractivity contribution in [1.29, 1.82) is 0 Å². The molecule has 0 bridgehead atoms. The first-order valence-corrected chi connectivity index (χ1v) is 14.0. The Bertz CT molecular complexity index is 1150. The molecule has 1 fully saturated rings. The Balaban J connectivity index is 1.42. The summed E-state index contributed by atoms with van der Waals surface area (Å²) in [7, 11) is 0. The lowest BCUT2D eigenvalue weighted by molar-refractivity contribution is 0.289. The van der Waals surface area contributed by atoms with E-state index in [0.717, 1.165) is 48.3 Å². The smallest absolute Gasteiger partial charge is 0.201 e. The minimum atomic E-state index is -0.967. The second kappa shape index (κ2) is 13.2. The van der Waals surface area contributed by atoms with E-state index in [4.69, 9.17) is 4.74 Å². The zero-order chi connectivity index (χ0) is 26.2. The fourth-order valence-corrected chi connectivity index (χ4v) is 5.52. The minimum absolute atomic E-state index is 0.0631. The molecule has 0 aromatic heterocycles. The van der Waals surface area contributed by atoms with Crippen molar-refractivity contribution < 1.29 is 17.9 Å². The van der Waals surface area contributed by atoms with E-state index in [2.05, 4.69) is 6.92 Å². The molecule has 0 radical (unpaired) electrons. The zero-order valence-corrected chi connectivity index (χ0v) is 22.2. The summed E-state index contributed by atoms with van der Waals surface area (Å²) >= 11 is 0. The Labute approximate surface area is 220 Å². The monoisotopic (exact) mass is 508 g/mol. The van der Waals surface area contributed by atoms with Crippen molar-refractivity contribution in [2.24, 2.45) is 5.92 Å². The van der Waals surface area contributed by atoms with E-state index in [1.807, 2.05) is 31.2 Å². The van der Waals surface area contributed by atoms with Gasteiger partial charge in [0.2, 0.25) is 5.82 Å². The molecule has 0 heterocycles. The molecule has 198 valence electrons. The molecule has 4 heteroatoms. The highest BCUT2D eigenvalue weighted by Crippen LogP contribution is 2.39. The lowest BCUT2D eigenvalue weighted by Crippen LogP contribution is -2.14. The van der Waals surface area contributed by atoms with Gasteiger partial charge in [-0.2, -0.15) is 4.39 Å². The van der Waals surface area contributed by atoms with Gasteiger partial charge in [0.05, 0.1) is 6.61 Å². The van der Waals surface area contributed by atoms with Gasteiger partial charge >= 0.3 is 0 Å². The summed E-state index contributed by atoms with van der Waals surface area (Å²) in [5.74, 6) is -1.00. The minimum Gasteiger partial charge on any atom is -0.490 e. The summed E-state index contributed by atoms with van der Waals surface area (Å²) in [5, 5.41) is 0. The summed E-state index contributed by atoms with van der Waals surface area (Å²) < 4.78 is 49.8. The van der Waals surface area contributed by atoms with E-state index in [1.54, 1.807) is 24.3 Å². The van der Waals surface area contributed by atoms with E-state index in [-0.39, 0.29) is 17.1 Å². The maximum Gasteiger partial charge on any atom is 0.201 e. The Morgan fingerprint density at radius 2 is 1.38 bits per heavy atom. The van der Waals surface area contributed by atoms with Crippen LogP contribution in [0.1, 0.15) is 89.5 Å². The van der Waals surface area contributed by atoms with Crippen LogP contribution in [0.3, 0.4) is 0 Å². The maximum atomic E-state index is 15.2. The maximum absolute atomic E-state index is 15.2. The van der Waals surface area contributed by atoms with Crippen LogP contribution >= 0.6 is 0 Å². The van der Waals surface area contributed by atoms with E-state index < -0.39 is 11.6 Å². The molecule has 0 saturated heterocycles. The van der Waals surface area contributed by atoms with Gasteiger partial charge in [0.15, 0.2) is 11.6 Å². The number of ether oxygens (including phenoxy) is 1. The lowest BCUT2D eigenvalue weighted by Gasteiger charge is -2.29. The van der Waals surface area contributed by atoms with Gasteiger partial charge in [0, 0.05) is 5.56 Å². The third-order valence-electron chi connectivity index (χ3n) is 7.83. The first kappa shape index (κ1) is 27.3. The summed E-state index contributed by atoms with van der Waals surface area (Å²) in [5.41, 5.74) is 3.19. The number of hydrogen-bond acceptors (Lipinski definition) is 1. The van der Waals surface area contributed by atoms with Crippen LogP contribution in [0.25, 0.3) is 22.3 Å². The van der Waals surface area contributed by atoms with Crippen molar-refractivity contribution in [1.82, 2.24) is 0 Å².